The molecule has 2 aromatic carbocycles. The SMILES string of the molecule is CCCNCc1ccc(-c2cc3nccc(Oc4ccc(CC(=S)CC(=O)Cc5ccc(F)cc5)c(F)c4)c3s2)nc1. The number of carbonyl (C=O) groups excluding carboxylic acids is 1. The number of nitrogens with one attached hydrogen (secondary N) is 1. The molecule has 214 valence electrons. The number of rotatable bonds is 13. The topological polar surface area (TPSA) is 64.1 Å². The molecule has 5 aromatic rings. The van der Waals surface area contributed by atoms with E-state index in [-0.39, 0.29) is 30.9 Å². The van der Waals surface area contributed by atoms with Gasteiger partial charge < -0.3 is 10.1 Å². The van der Waals surface area contributed by atoms with Crippen LogP contribution in [-0.2, 0) is 24.2 Å². The molecule has 0 aliphatic carbocycles. The number of carbonyl (C=O) groups is 1. The fraction of sp³-hybridized carbons (Fsp3) is 0.212. The number of Topliss-reactive ketones (excluding diaryl/α,β-unsaturated/α-hetero) is 1. The van der Waals surface area contributed by atoms with Crippen molar-refractivity contribution in [2.24, 2.45) is 0 Å². The lowest BCUT2D eigenvalue weighted by Crippen LogP contribution is -2.13. The molecule has 0 spiro atoms. The minimum atomic E-state index is -0.462. The number of halogens is 2. The number of nitrogens with zero attached hydrogens (tertiary/aromatic N) is 2. The first-order chi connectivity index (χ1) is 20.4. The molecule has 5 nitrogen and oxygen atoms in total. The number of pyridine rings is 2. The van der Waals surface area contributed by atoms with Crippen molar-refractivity contribution in [3.8, 4) is 22.1 Å². The first-order valence-electron chi connectivity index (χ1n) is 13.7. The van der Waals surface area contributed by atoms with Crippen LogP contribution in [0.4, 0.5) is 8.78 Å². The van der Waals surface area contributed by atoms with Gasteiger partial charge in [0.1, 0.15) is 28.9 Å². The van der Waals surface area contributed by atoms with Gasteiger partial charge in [0.15, 0.2) is 0 Å². The molecule has 0 aliphatic heterocycles. The van der Waals surface area contributed by atoms with E-state index in [2.05, 4.69) is 28.3 Å². The second-order valence-corrected chi connectivity index (χ2v) is 11.6. The van der Waals surface area contributed by atoms with Gasteiger partial charge in [0.25, 0.3) is 0 Å². The molecule has 3 aromatic heterocycles. The van der Waals surface area contributed by atoms with Crippen LogP contribution < -0.4 is 10.1 Å². The van der Waals surface area contributed by atoms with Crippen LogP contribution in [-0.4, -0.2) is 27.2 Å². The van der Waals surface area contributed by atoms with Gasteiger partial charge in [0.2, 0.25) is 0 Å². The monoisotopic (exact) mass is 601 g/mol. The zero-order valence-corrected chi connectivity index (χ0v) is 24.7. The van der Waals surface area contributed by atoms with E-state index < -0.39 is 5.82 Å². The van der Waals surface area contributed by atoms with E-state index in [0.29, 0.717) is 27.5 Å². The maximum Gasteiger partial charge on any atom is 0.148 e. The molecule has 0 saturated carbocycles. The van der Waals surface area contributed by atoms with E-state index >= 15 is 4.39 Å². The predicted molar refractivity (Wildman–Crippen MR) is 167 cm³/mol. The number of aromatic nitrogens is 2. The van der Waals surface area contributed by atoms with Crippen molar-refractivity contribution in [1.82, 2.24) is 15.3 Å². The maximum atomic E-state index is 15.0. The molecule has 9 heteroatoms. The van der Waals surface area contributed by atoms with Crippen molar-refractivity contribution in [3.63, 3.8) is 0 Å². The Bertz CT molecular complexity index is 1700. The van der Waals surface area contributed by atoms with Crippen molar-refractivity contribution in [1.29, 1.82) is 0 Å². The first-order valence-corrected chi connectivity index (χ1v) is 14.9. The summed E-state index contributed by atoms with van der Waals surface area (Å²) in [6.45, 7) is 3.88. The summed E-state index contributed by atoms with van der Waals surface area (Å²) in [6.07, 6.45) is 4.98. The molecular formula is C33H29F2N3O2S2. The molecular weight excluding hydrogens is 573 g/mol. The average molecular weight is 602 g/mol. The molecule has 0 fully saturated rings. The number of thiocarbonyl (C=S) groups is 1. The lowest BCUT2D eigenvalue weighted by atomic mass is 10.0. The third-order valence-electron chi connectivity index (χ3n) is 6.56. The van der Waals surface area contributed by atoms with Crippen molar-refractivity contribution in [3.05, 3.63) is 107 Å². The van der Waals surface area contributed by atoms with Crippen molar-refractivity contribution in [2.45, 2.75) is 39.2 Å². The van der Waals surface area contributed by atoms with Gasteiger partial charge >= 0.3 is 0 Å². The summed E-state index contributed by atoms with van der Waals surface area (Å²) in [5, 5.41) is 3.38. The highest BCUT2D eigenvalue weighted by Gasteiger charge is 2.15. The second-order valence-electron chi connectivity index (χ2n) is 9.95. The van der Waals surface area contributed by atoms with Crippen molar-refractivity contribution in [2.75, 3.05) is 6.54 Å². The molecule has 0 unspecified atom stereocenters. The van der Waals surface area contributed by atoms with Crippen molar-refractivity contribution < 1.29 is 18.3 Å². The van der Waals surface area contributed by atoms with E-state index in [4.69, 9.17) is 17.0 Å². The third-order valence-corrected chi connectivity index (χ3v) is 8.01. The van der Waals surface area contributed by atoms with Crippen LogP contribution in [0.15, 0.2) is 79.1 Å². The molecule has 0 aliphatic rings. The van der Waals surface area contributed by atoms with Gasteiger partial charge in [-0.05, 0) is 60.0 Å². The van der Waals surface area contributed by atoms with E-state index in [0.717, 1.165) is 45.9 Å². The van der Waals surface area contributed by atoms with E-state index in [1.165, 1.54) is 29.5 Å². The fourth-order valence-corrected chi connectivity index (χ4v) is 5.81. The summed E-state index contributed by atoms with van der Waals surface area (Å²) >= 11 is 6.90. The van der Waals surface area contributed by atoms with E-state index in [1.807, 2.05) is 18.3 Å². The Kier molecular flexibility index (Phi) is 9.74. The van der Waals surface area contributed by atoms with Gasteiger partial charge in [-0.2, -0.15) is 0 Å². The zero-order valence-electron chi connectivity index (χ0n) is 23.0. The lowest BCUT2D eigenvalue weighted by molar-refractivity contribution is -0.117. The summed E-state index contributed by atoms with van der Waals surface area (Å²) in [6, 6.07) is 18.2. The van der Waals surface area contributed by atoms with Gasteiger partial charge in [-0.15, -0.1) is 11.3 Å². The van der Waals surface area contributed by atoms with Gasteiger partial charge in [0.05, 0.1) is 20.8 Å². The Morgan fingerprint density at radius 1 is 0.976 bits per heavy atom. The largest absolute Gasteiger partial charge is 0.456 e. The van der Waals surface area contributed by atoms with Gasteiger partial charge in [0, 0.05) is 55.2 Å². The van der Waals surface area contributed by atoms with Crippen LogP contribution in [0.1, 0.15) is 36.5 Å². The maximum absolute atomic E-state index is 15.0. The molecule has 0 amide bonds. The van der Waals surface area contributed by atoms with Crippen molar-refractivity contribution >= 4 is 44.4 Å². The molecule has 1 N–H and O–H groups in total. The number of hydrogen-bond acceptors (Lipinski definition) is 7. The summed E-state index contributed by atoms with van der Waals surface area (Å²) in [5.41, 5.74) is 3.85. The van der Waals surface area contributed by atoms with Gasteiger partial charge in [-0.3, -0.25) is 14.8 Å². The summed E-state index contributed by atoms with van der Waals surface area (Å²) in [7, 11) is 0. The summed E-state index contributed by atoms with van der Waals surface area (Å²) < 4.78 is 35.0. The molecule has 5 rings (SSSR count). The van der Waals surface area contributed by atoms with Crippen LogP contribution in [0.25, 0.3) is 20.8 Å². The Morgan fingerprint density at radius 2 is 1.79 bits per heavy atom. The minimum Gasteiger partial charge on any atom is -0.456 e. The second kappa shape index (κ2) is 13.8. The van der Waals surface area contributed by atoms with Crippen LogP contribution >= 0.6 is 23.6 Å². The standard InChI is InChI=1S/C33H29F2N3O2S2/c1-2-12-36-19-22-5-10-29(38-20-22)32-18-30-33(42-32)31(11-13-37-30)40-26-9-6-23(28(35)17-26)15-27(41)16-25(39)14-21-3-7-24(34)8-4-21/h3-11,13,17-18,20,36H,2,12,14-16,19H2,1H3. The summed E-state index contributed by atoms with van der Waals surface area (Å²) in [4.78, 5) is 22.9. The number of ether oxygens (including phenoxy) is 1. The highest BCUT2D eigenvalue weighted by Crippen LogP contribution is 2.38. The number of benzene rings is 2. The number of fused-ring (bicyclic) bond motifs is 1. The quantitative estimate of drug-likeness (QED) is 0.109. The zero-order chi connectivity index (χ0) is 29.5. The number of hydrogen-bond donors (Lipinski definition) is 1. The average Bonchev–Trinajstić information content (AvgIpc) is 3.42. The Morgan fingerprint density at radius 3 is 2.52 bits per heavy atom. The van der Waals surface area contributed by atoms with E-state index in [9.17, 15) is 9.18 Å². The predicted octanol–water partition coefficient (Wildman–Crippen LogP) is 8.04. The molecule has 3 heterocycles. The normalized spacial score (nSPS) is 11.1. The molecule has 0 bridgehead atoms. The molecule has 42 heavy (non-hydrogen) atoms. The highest BCUT2D eigenvalue weighted by atomic mass is 32.1. The Balaban J connectivity index is 1.23. The van der Waals surface area contributed by atoms with Crippen LogP contribution in [0.3, 0.4) is 0 Å². The van der Waals surface area contributed by atoms with Crippen LogP contribution in [0.5, 0.6) is 11.5 Å². The van der Waals surface area contributed by atoms with Crippen LogP contribution in [0, 0.1) is 11.6 Å². The van der Waals surface area contributed by atoms with Crippen LogP contribution in [0.2, 0.25) is 0 Å². The fourth-order valence-electron chi connectivity index (χ4n) is 4.45. The first kappa shape index (κ1) is 29.6. The summed E-state index contributed by atoms with van der Waals surface area (Å²) in [5.74, 6) is 0.00627. The minimum absolute atomic E-state index is 0.0490. The van der Waals surface area contributed by atoms with E-state index in [1.54, 1.807) is 36.5 Å². The smallest absolute Gasteiger partial charge is 0.148 e. The highest BCUT2D eigenvalue weighted by molar-refractivity contribution is 7.80. The third kappa shape index (κ3) is 7.67. The molecule has 0 saturated heterocycles. The Hall–Kier alpha value is -3.92. The lowest BCUT2D eigenvalue weighted by Gasteiger charge is -2.10. The Labute approximate surface area is 252 Å². The molecule has 0 radical (unpaired) electrons. The number of thiophene rings is 1. The number of ketones is 1. The van der Waals surface area contributed by atoms with Gasteiger partial charge in [-0.25, -0.2) is 8.78 Å². The molecule has 0 atom stereocenters. The van der Waals surface area contributed by atoms with Gasteiger partial charge in [-0.1, -0.05) is 43.4 Å².